The van der Waals surface area contributed by atoms with Gasteiger partial charge in [-0.15, -0.1) is 0 Å². The molecule has 0 unspecified atom stereocenters. The largest absolute Gasteiger partial charge is 0.391 e. The van der Waals surface area contributed by atoms with Crippen LogP contribution in [0.3, 0.4) is 0 Å². The maximum Gasteiger partial charge on any atom is 0.243 e. The molecule has 5 rings (SSSR count). The van der Waals surface area contributed by atoms with Crippen LogP contribution in [0.25, 0.3) is 0 Å². The molecule has 4 aliphatic heterocycles. The minimum absolute atomic E-state index is 0.0162. The lowest BCUT2D eigenvalue weighted by atomic mass is 9.60. The highest BCUT2D eigenvalue weighted by atomic mass is 19.1. The van der Waals surface area contributed by atoms with Gasteiger partial charge in [0.1, 0.15) is 11.4 Å². The first-order valence-corrected chi connectivity index (χ1v) is 7.55. The molecule has 0 amide bonds. The summed E-state index contributed by atoms with van der Waals surface area (Å²) in [5.41, 5.74) is 0.813. The van der Waals surface area contributed by atoms with E-state index in [1.165, 1.54) is 9.80 Å². The van der Waals surface area contributed by atoms with E-state index in [-0.39, 0.29) is 28.9 Å². The van der Waals surface area contributed by atoms with Crippen molar-refractivity contribution in [1.82, 2.24) is 0 Å². The summed E-state index contributed by atoms with van der Waals surface area (Å²) in [5, 5.41) is 10.7. The van der Waals surface area contributed by atoms with Gasteiger partial charge in [0, 0.05) is 0 Å². The molecule has 4 saturated heterocycles. The number of nitrogens with one attached hydrogen (secondary N) is 2. The van der Waals surface area contributed by atoms with Crippen molar-refractivity contribution < 1.29 is 19.3 Å². The predicted octanol–water partition coefficient (Wildman–Crippen LogP) is -0.992. The molecule has 3 N–H and O–H groups in total. The molecule has 1 aromatic carbocycles. The van der Waals surface area contributed by atoms with Crippen LogP contribution in [0.1, 0.15) is 25.6 Å². The average Bonchev–Trinajstić information content (AvgIpc) is 2.36. The summed E-state index contributed by atoms with van der Waals surface area (Å²) in [6.45, 7) is 8.20. The van der Waals surface area contributed by atoms with Crippen molar-refractivity contribution in [1.29, 1.82) is 0 Å². The number of rotatable bonds is 1. The molecular formula is C16H23FN2O+2. The number of hydrogen-bond donors (Lipinski definition) is 3. The second-order valence-electron chi connectivity index (χ2n) is 7.69. The third-order valence-corrected chi connectivity index (χ3v) is 5.88. The van der Waals surface area contributed by atoms with Crippen molar-refractivity contribution in [2.45, 2.75) is 26.1 Å². The van der Waals surface area contributed by atoms with Gasteiger partial charge in [-0.2, -0.15) is 0 Å². The molecule has 3 nitrogen and oxygen atoms in total. The van der Waals surface area contributed by atoms with Gasteiger partial charge in [-0.1, -0.05) is 12.1 Å². The Morgan fingerprint density at radius 3 is 2.05 bits per heavy atom. The number of benzene rings is 1. The van der Waals surface area contributed by atoms with E-state index in [0.29, 0.717) is 0 Å². The first-order chi connectivity index (χ1) is 9.43. The highest BCUT2D eigenvalue weighted by Crippen LogP contribution is 2.39. The van der Waals surface area contributed by atoms with Gasteiger partial charge in [0.15, 0.2) is 0 Å². The van der Waals surface area contributed by atoms with E-state index in [2.05, 4.69) is 13.8 Å². The van der Waals surface area contributed by atoms with Gasteiger partial charge in [0.25, 0.3) is 0 Å². The van der Waals surface area contributed by atoms with E-state index in [1.807, 2.05) is 12.1 Å². The van der Waals surface area contributed by atoms with Gasteiger partial charge in [0.2, 0.25) is 6.17 Å². The lowest BCUT2D eigenvalue weighted by Gasteiger charge is -2.62. The zero-order chi connectivity index (χ0) is 14.1. The molecule has 0 atom stereocenters. The SMILES string of the molecule is CC12C[NH+]3CC(C)(C[NH+](C1)C3c1ccccc1F)C2O. The maximum absolute atomic E-state index is 14.2. The first-order valence-electron chi connectivity index (χ1n) is 7.55. The lowest BCUT2D eigenvalue weighted by molar-refractivity contribution is -1.19. The summed E-state index contributed by atoms with van der Waals surface area (Å²) in [4.78, 5) is 2.89. The second kappa shape index (κ2) is 3.81. The monoisotopic (exact) mass is 278 g/mol. The average molecular weight is 278 g/mol. The molecule has 1 aromatic rings. The first kappa shape index (κ1) is 12.7. The number of aliphatic hydroxyl groups excluding tert-OH is 1. The van der Waals surface area contributed by atoms with E-state index in [4.69, 9.17) is 0 Å². The molecule has 0 aromatic heterocycles. The van der Waals surface area contributed by atoms with Crippen molar-refractivity contribution in [3.05, 3.63) is 35.6 Å². The predicted molar refractivity (Wildman–Crippen MR) is 72.8 cm³/mol. The van der Waals surface area contributed by atoms with Gasteiger partial charge in [-0.05, 0) is 26.0 Å². The molecule has 4 fully saturated rings. The zero-order valence-electron chi connectivity index (χ0n) is 12.1. The van der Waals surface area contributed by atoms with Gasteiger partial charge >= 0.3 is 0 Å². The van der Waals surface area contributed by atoms with Crippen molar-refractivity contribution >= 4 is 0 Å². The van der Waals surface area contributed by atoms with Gasteiger partial charge < -0.3 is 5.11 Å². The van der Waals surface area contributed by atoms with Crippen LogP contribution in [0.5, 0.6) is 0 Å². The smallest absolute Gasteiger partial charge is 0.243 e. The molecule has 0 saturated carbocycles. The van der Waals surface area contributed by atoms with Gasteiger partial charge in [-0.3, -0.25) is 9.80 Å². The fraction of sp³-hybridized carbons (Fsp3) is 0.625. The van der Waals surface area contributed by atoms with Crippen LogP contribution in [0, 0.1) is 16.6 Å². The summed E-state index contributed by atoms with van der Waals surface area (Å²) < 4.78 is 14.2. The third-order valence-electron chi connectivity index (χ3n) is 5.88. The Hall–Kier alpha value is -0.970. The van der Waals surface area contributed by atoms with E-state index in [9.17, 15) is 9.50 Å². The van der Waals surface area contributed by atoms with Crippen LogP contribution in [0.2, 0.25) is 0 Å². The Morgan fingerprint density at radius 2 is 1.55 bits per heavy atom. The van der Waals surface area contributed by atoms with Crippen molar-refractivity contribution in [3.8, 4) is 0 Å². The fourth-order valence-electron chi connectivity index (χ4n) is 5.40. The molecule has 4 heteroatoms. The Balaban J connectivity index is 1.76. The van der Waals surface area contributed by atoms with E-state index in [0.717, 1.165) is 31.7 Å². The van der Waals surface area contributed by atoms with E-state index < -0.39 is 0 Å². The van der Waals surface area contributed by atoms with Crippen LogP contribution in [-0.4, -0.2) is 37.4 Å². The quantitative estimate of drug-likeness (QED) is 0.605. The molecule has 0 aliphatic carbocycles. The molecule has 108 valence electrons. The topological polar surface area (TPSA) is 29.1 Å². The number of halogens is 1. The zero-order valence-corrected chi connectivity index (χ0v) is 12.1. The molecule has 0 spiro atoms. The normalized spacial score (nSPS) is 49.6. The van der Waals surface area contributed by atoms with Crippen LogP contribution in [-0.2, 0) is 0 Å². The Bertz CT molecular complexity index is 523. The lowest BCUT2D eigenvalue weighted by Crippen LogP contribution is -3.41. The molecule has 4 bridgehead atoms. The maximum atomic E-state index is 14.2. The number of quaternary nitrogens is 2. The van der Waals surface area contributed by atoms with Crippen molar-refractivity contribution in [2.24, 2.45) is 10.8 Å². The summed E-state index contributed by atoms with van der Waals surface area (Å²) in [7, 11) is 0. The summed E-state index contributed by atoms with van der Waals surface area (Å²) in [6.07, 6.45) is -0.0195. The molecule has 4 aliphatic rings. The van der Waals surface area contributed by atoms with Crippen molar-refractivity contribution in [3.63, 3.8) is 0 Å². The molecule has 0 radical (unpaired) electrons. The summed E-state index contributed by atoms with van der Waals surface area (Å²) in [5.74, 6) is -0.0826. The molecule has 4 heterocycles. The van der Waals surface area contributed by atoms with Gasteiger partial charge in [0.05, 0.1) is 43.1 Å². The van der Waals surface area contributed by atoms with Crippen LogP contribution in [0.15, 0.2) is 24.3 Å². The Labute approximate surface area is 119 Å². The highest BCUT2D eigenvalue weighted by molar-refractivity contribution is 5.19. The van der Waals surface area contributed by atoms with E-state index in [1.54, 1.807) is 12.1 Å². The standard InChI is InChI=1S/C16H21FN2O/c1-15-7-18-9-16(2,14(15)20)10-19(8-15)13(18)11-5-3-4-6-12(11)17/h3-6,13-14,20H,7-10H2,1-2H3/p+2. The third kappa shape index (κ3) is 1.50. The van der Waals surface area contributed by atoms with Crippen LogP contribution < -0.4 is 9.80 Å². The minimum atomic E-state index is -0.218. The highest BCUT2D eigenvalue weighted by Gasteiger charge is 2.68. The molecular weight excluding hydrogens is 255 g/mol. The number of aliphatic hydroxyl groups is 1. The second-order valence-corrected chi connectivity index (χ2v) is 7.69. The number of piperidine rings is 2. The Kier molecular flexibility index (Phi) is 2.43. The fourth-order valence-corrected chi connectivity index (χ4v) is 5.40. The minimum Gasteiger partial charge on any atom is -0.391 e. The van der Waals surface area contributed by atoms with E-state index >= 15 is 0 Å². The molecule has 20 heavy (non-hydrogen) atoms. The van der Waals surface area contributed by atoms with Crippen LogP contribution in [0.4, 0.5) is 4.39 Å². The summed E-state index contributed by atoms with van der Waals surface area (Å²) in [6, 6.07) is 7.20. The van der Waals surface area contributed by atoms with Gasteiger partial charge in [-0.25, -0.2) is 4.39 Å². The van der Waals surface area contributed by atoms with Crippen LogP contribution >= 0.6 is 0 Å². The Morgan fingerprint density at radius 1 is 1.05 bits per heavy atom. The number of hydrogen-bond acceptors (Lipinski definition) is 1. The van der Waals surface area contributed by atoms with Crippen molar-refractivity contribution in [2.75, 3.05) is 26.2 Å². The summed E-state index contributed by atoms with van der Waals surface area (Å²) >= 11 is 0.